The fourth-order valence-corrected chi connectivity index (χ4v) is 2.52. The van der Waals surface area contributed by atoms with Crippen molar-refractivity contribution >= 4 is 23.2 Å². The molecule has 1 unspecified atom stereocenters. The van der Waals surface area contributed by atoms with Gasteiger partial charge in [0.2, 0.25) is 0 Å². The van der Waals surface area contributed by atoms with Gasteiger partial charge in [-0.15, -0.1) is 0 Å². The summed E-state index contributed by atoms with van der Waals surface area (Å²) in [4.78, 5) is 0. The van der Waals surface area contributed by atoms with Gasteiger partial charge in [-0.05, 0) is 42.8 Å². The van der Waals surface area contributed by atoms with Crippen molar-refractivity contribution in [1.82, 2.24) is 5.32 Å². The maximum Gasteiger partial charge on any atom is 0.129 e. The normalized spacial score (nSPS) is 12.4. The molecule has 2 aromatic carbocycles. The van der Waals surface area contributed by atoms with Crippen molar-refractivity contribution < 1.29 is 8.78 Å². The number of nitrogens with one attached hydrogen (secondary N) is 1. The van der Waals surface area contributed by atoms with Gasteiger partial charge < -0.3 is 5.32 Å². The van der Waals surface area contributed by atoms with E-state index in [9.17, 15) is 8.78 Å². The van der Waals surface area contributed by atoms with Gasteiger partial charge in [-0.25, -0.2) is 8.78 Å². The third kappa shape index (κ3) is 3.94. The van der Waals surface area contributed by atoms with Crippen LogP contribution < -0.4 is 5.32 Å². The van der Waals surface area contributed by atoms with Gasteiger partial charge in [-0.1, -0.05) is 42.3 Å². The Hall–Kier alpha value is -1.16. The van der Waals surface area contributed by atoms with Crippen LogP contribution in [0.25, 0.3) is 0 Å². The Morgan fingerprint density at radius 3 is 2.29 bits per heavy atom. The number of benzene rings is 2. The zero-order valence-electron chi connectivity index (χ0n) is 11.5. The van der Waals surface area contributed by atoms with Crippen LogP contribution in [0, 0.1) is 11.6 Å². The second-order valence-corrected chi connectivity index (χ2v) is 5.50. The largest absolute Gasteiger partial charge is 0.310 e. The zero-order valence-corrected chi connectivity index (χ0v) is 13.0. The molecule has 0 aliphatic heterocycles. The van der Waals surface area contributed by atoms with Crippen LogP contribution >= 0.6 is 23.2 Å². The molecular weight excluding hydrogens is 315 g/mol. The monoisotopic (exact) mass is 329 g/mol. The molecule has 0 fully saturated rings. The summed E-state index contributed by atoms with van der Waals surface area (Å²) in [6, 6.07) is 8.84. The van der Waals surface area contributed by atoms with Gasteiger partial charge in [0.25, 0.3) is 0 Å². The lowest BCUT2D eigenvalue weighted by molar-refractivity contribution is 0.499. The standard InChI is InChI=1S/C16H15Cl2F2N/c1-2-21-16(10-6-7-12(17)13(18)8-10)9-11-14(19)4-3-5-15(11)20/h3-8,16,21H,2,9H2,1H3. The quantitative estimate of drug-likeness (QED) is 0.798. The Bertz CT molecular complexity index is 611. The Morgan fingerprint density at radius 1 is 1.05 bits per heavy atom. The smallest absolute Gasteiger partial charge is 0.129 e. The molecule has 1 atom stereocenters. The molecule has 0 aliphatic carbocycles. The van der Waals surface area contributed by atoms with Crippen molar-refractivity contribution in [3.05, 3.63) is 69.2 Å². The molecule has 1 nitrogen and oxygen atoms in total. The Labute approximate surface area is 132 Å². The van der Waals surface area contributed by atoms with Crippen molar-refractivity contribution in [3.8, 4) is 0 Å². The number of hydrogen-bond acceptors (Lipinski definition) is 1. The molecule has 0 radical (unpaired) electrons. The molecule has 0 bridgehead atoms. The minimum absolute atomic E-state index is 0.0644. The van der Waals surface area contributed by atoms with Crippen LogP contribution in [0.4, 0.5) is 8.78 Å². The van der Waals surface area contributed by atoms with Gasteiger partial charge in [0.05, 0.1) is 10.0 Å². The van der Waals surface area contributed by atoms with E-state index in [0.29, 0.717) is 16.6 Å². The highest BCUT2D eigenvalue weighted by molar-refractivity contribution is 6.42. The van der Waals surface area contributed by atoms with E-state index in [-0.39, 0.29) is 18.0 Å². The van der Waals surface area contributed by atoms with Gasteiger partial charge >= 0.3 is 0 Å². The molecule has 0 aromatic heterocycles. The predicted molar refractivity (Wildman–Crippen MR) is 82.9 cm³/mol. The molecule has 112 valence electrons. The zero-order chi connectivity index (χ0) is 15.4. The van der Waals surface area contributed by atoms with Crippen LogP contribution in [0.15, 0.2) is 36.4 Å². The van der Waals surface area contributed by atoms with Crippen molar-refractivity contribution in [1.29, 1.82) is 0 Å². The Morgan fingerprint density at radius 2 is 1.71 bits per heavy atom. The molecule has 0 spiro atoms. The van der Waals surface area contributed by atoms with Crippen molar-refractivity contribution in [2.45, 2.75) is 19.4 Å². The number of rotatable bonds is 5. The first kappa shape index (κ1) is 16.2. The van der Waals surface area contributed by atoms with E-state index in [2.05, 4.69) is 5.32 Å². The van der Waals surface area contributed by atoms with Gasteiger partial charge in [-0.2, -0.15) is 0 Å². The van der Waals surface area contributed by atoms with Gasteiger partial charge in [0, 0.05) is 11.6 Å². The summed E-state index contributed by atoms with van der Waals surface area (Å²) < 4.78 is 27.6. The predicted octanol–water partition coefficient (Wildman–Crippen LogP) is 5.16. The Balaban J connectivity index is 2.33. The molecule has 1 N–H and O–H groups in total. The fraction of sp³-hybridized carbons (Fsp3) is 0.250. The summed E-state index contributed by atoms with van der Waals surface area (Å²) in [7, 11) is 0. The molecule has 0 aliphatic rings. The molecule has 5 heteroatoms. The number of hydrogen-bond donors (Lipinski definition) is 1. The minimum Gasteiger partial charge on any atom is -0.310 e. The fourth-order valence-electron chi connectivity index (χ4n) is 2.21. The van der Waals surface area contributed by atoms with Crippen LogP contribution in [0.3, 0.4) is 0 Å². The van der Waals surface area contributed by atoms with Gasteiger partial charge in [-0.3, -0.25) is 0 Å². The van der Waals surface area contributed by atoms with Crippen LogP contribution in [0.1, 0.15) is 24.1 Å². The van der Waals surface area contributed by atoms with Crippen LogP contribution in [-0.2, 0) is 6.42 Å². The molecule has 2 aromatic rings. The summed E-state index contributed by atoms with van der Waals surface area (Å²) in [5.74, 6) is -1.09. The van der Waals surface area contributed by atoms with Crippen molar-refractivity contribution in [3.63, 3.8) is 0 Å². The molecule has 0 saturated heterocycles. The lowest BCUT2D eigenvalue weighted by Crippen LogP contribution is -2.23. The van der Waals surface area contributed by atoms with Crippen LogP contribution in [0.5, 0.6) is 0 Å². The first-order chi connectivity index (χ1) is 10.0. The highest BCUT2D eigenvalue weighted by Crippen LogP contribution is 2.28. The average molecular weight is 330 g/mol. The molecular formula is C16H15Cl2F2N. The summed E-state index contributed by atoms with van der Waals surface area (Å²) in [5, 5.41) is 4.09. The summed E-state index contributed by atoms with van der Waals surface area (Å²) >= 11 is 11.9. The van der Waals surface area contributed by atoms with E-state index < -0.39 is 11.6 Å². The van der Waals surface area contributed by atoms with Crippen molar-refractivity contribution in [2.75, 3.05) is 6.54 Å². The number of halogens is 4. The van der Waals surface area contributed by atoms with Crippen LogP contribution in [0.2, 0.25) is 10.0 Å². The lowest BCUT2D eigenvalue weighted by atomic mass is 9.98. The summed E-state index contributed by atoms with van der Waals surface area (Å²) in [6.07, 6.45) is 0.199. The minimum atomic E-state index is -0.544. The highest BCUT2D eigenvalue weighted by Gasteiger charge is 2.17. The lowest BCUT2D eigenvalue weighted by Gasteiger charge is -2.19. The molecule has 2 rings (SSSR count). The third-order valence-electron chi connectivity index (χ3n) is 3.27. The van der Waals surface area contributed by atoms with E-state index in [4.69, 9.17) is 23.2 Å². The van der Waals surface area contributed by atoms with E-state index >= 15 is 0 Å². The molecule has 0 heterocycles. The first-order valence-corrected chi connectivity index (χ1v) is 7.39. The van der Waals surface area contributed by atoms with E-state index in [1.807, 2.05) is 6.92 Å². The third-order valence-corrected chi connectivity index (χ3v) is 4.01. The van der Waals surface area contributed by atoms with Crippen molar-refractivity contribution in [2.24, 2.45) is 0 Å². The number of likely N-dealkylation sites (N-methyl/N-ethyl adjacent to an activating group) is 1. The van der Waals surface area contributed by atoms with E-state index in [1.165, 1.54) is 18.2 Å². The topological polar surface area (TPSA) is 12.0 Å². The SMILES string of the molecule is CCNC(Cc1c(F)cccc1F)c1ccc(Cl)c(Cl)c1. The Kier molecular flexibility index (Phi) is 5.57. The van der Waals surface area contributed by atoms with E-state index in [1.54, 1.807) is 18.2 Å². The molecule has 0 amide bonds. The maximum atomic E-state index is 13.8. The van der Waals surface area contributed by atoms with E-state index in [0.717, 1.165) is 5.56 Å². The second-order valence-electron chi connectivity index (χ2n) is 4.69. The highest BCUT2D eigenvalue weighted by atomic mass is 35.5. The summed E-state index contributed by atoms with van der Waals surface area (Å²) in [6.45, 7) is 2.60. The maximum absolute atomic E-state index is 13.8. The van der Waals surface area contributed by atoms with Crippen LogP contribution in [-0.4, -0.2) is 6.54 Å². The molecule has 0 saturated carbocycles. The average Bonchev–Trinajstić information content (AvgIpc) is 2.45. The first-order valence-electron chi connectivity index (χ1n) is 6.64. The second kappa shape index (κ2) is 7.21. The molecule has 21 heavy (non-hydrogen) atoms. The van der Waals surface area contributed by atoms with Gasteiger partial charge in [0.1, 0.15) is 11.6 Å². The van der Waals surface area contributed by atoms with Gasteiger partial charge in [0.15, 0.2) is 0 Å². The summed E-state index contributed by atoms with van der Waals surface area (Å²) in [5.41, 5.74) is 0.906.